The largest absolute Gasteiger partial charge is 0.494 e. The Morgan fingerprint density at radius 1 is 1.10 bits per heavy atom. The van der Waals surface area contributed by atoms with Crippen LogP contribution in [0.5, 0.6) is 5.75 Å². The van der Waals surface area contributed by atoms with Crippen molar-refractivity contribution in [3.05, 3.63) is 54.0 Å². The molecule has 0 atom stereocenters. The molecule has 1 fully saturated rings. The van der Waals surface area contributed by atoms with E-state index in [1.54, 1.807) is 18.3 Å². The van der Waals surface area contributed by atoms with Crippen molar-refractivity contribution in [3.8, 4) is 5.75 Å². The number of carbonyl (C=O) groups excluding carboxylic acids is 1. The van der Waals surface area contributed by atoms with Crippen LogP contribution in [0.2, 0.25) is 0 Å². The average molecular weight is 402 g/mol. The minimum atomic E-state index is -0.281. The number of amides is 2. The van der Waals surface area contributed by atoms with E-state index in [1.807, 2.05) is 12.1 Å². The topological polar surface area (TPSA) is 75.7 Å². The fourth-order valence-corrected chi connectivity index (χ4v) is 2.90. The van der Waals surface area contributed by atoms with Gasteiger partial charge in [-0.25, -0.2) is 14.2 Å². The van der Waals surface area contributed by atoms with Gasteiger partial charge >= 0.3 is 6.03 Å². The molecule has 29 heavy (non-hydrogen) atoms. The molecule has 1 aromatic heterocycles. The van der Waals surface area contributed by atoms with Gasteiger partial charge in [-0.2, -0.15) is 0 Å². The standard InChI is InChI=1S/C21H27FN4O3/c22-18-4-6-19(7-5-18)29-12-2-1-9-23-21(27)25-16-17-3-8-20(24-15-17)26-10-13-28-14-11-26/h3-8,15H,1-2,9-14,16H2,(H2,23,25,27). The van der Waals surface area contributed by atoms with E-state index in [-0.39, 0.29) is 11.8 Å². The number of hydrogen-bond acceptors (Lipinski definition) is 5. The molecule has 0 aliphatic carbocycles. The summed E-state index contributed by atoms with van der Waals surface area (Å²) in [6.07, 6.45) is 3.38. The summed E-state index contributed by atoms with van der Waals surface area (Å²) in [5.74, 6) is 1.30. The summed E-state index contributed by atoms with van der Waals surface area (Å²) in [6.45, 7) is 4.66. The number of anilines is 1. The Labute approximate surface area is 170 Å². The molecule has 0 radical (unpaired) electrons. The summed E-state index contributed by atoms with van der Waals surface area (Å²) in [6, 6.07) is 9.68. The number of nitrogens with one attached hydrogen (secondary N) is 2. The second kappa shape index (κ2) is 11.2. The molecule has 1 aromatic carbocycles. The number of benzene rings is 1. The monoisotopic (exact) mass is 402 g/mol. The molecule has 2 amide bonds. The van der Waals surface area contributed by atoms with Gasteiger partial charge in [-0.1, -0.05) is 6.07 Å². The zero-order valence-electron chi connectivity index (χ0n) is 16.4. The second-order valence-electron chi connectivity index (χ2n) is 6.74. The van der Waals surface area contributed by atoms with E-state index in [0.717, 1.165) is 50.5 Å². The first kappa shape index (κ1) is 20.9. The third-order valence-electron chi connectivity index (χ3n) is 4.54. The molecule has 2 heterocycles. The first-order valence-corrected chi connectivity index (χ1v) is 9.88. The van der Waals surface area contributed by atoms with Gasteiger partial charge in [-0.3, -0.25) is 0 Å². The van der Waals surface area contributed by atoms with E-state index in [9.17, 15) is 9.18 Å². The molecule has 2 aromatic rings. The molecule has 8 heteroatoms. The molecular weight excluding hydrogens is 375 g/mol. The minimum absolute atomic E-state index is 0.207. The molecule has 0 unspecified atom stereocenters. The number of morpholine rings is 1. The van der Waals surface area contributed by atoms with Gasteiger partial charge in [0, 0.05) is 32.4 Å². The number of unbranched alkanes of at least 4 members (excludes halogenated alkanes) is 1. The van der Waals surface area contributed by atoms with Crippen molar-refractivity contribution in [1.82, 2.24) is 15.6 Å². The molecule has 0 spiro atoms. The molecule has 1 saturated heterocycles. The summed E-state index contributed by atoms with van der Waals surface area (Å²) < 4.78 is 23.7. The van der Waals surface area contributed by atoms with Crippen molar-refractivity contribution in [2.75, 3.05) is 44.4 Å². The maximum absolute atomic E-state index is 12.8. The molecule has 3 rings (SSSR count). The Morgan fingerprint density at radius 3 is 2.62 bits per heavy atom. The fourth-order valence-electron chi connectivity index (χ4n) is 2.90. The Balaban J connectivity index is 1.25. The van der Waals surface area contributed by atoms with Crippen LogP contribution in [0.15, 0.2) is 42.6 Å². The number of nitrogens with zero attached hydrogens (tertiary/aromatic N) is 2. The van der Waals surface area contributed by atoms with Crippen molar-refractivity contribution in [3.63, 3.8) is 0 Å². The summed E-state index contributed by atoms with van der Waals surface area (Å²) in [4.78, 5) is 18.5. The van der Waals surface area contributed by atoms with Gasteiger partial charge in [-0.15, -0.1) is 0 Å². The van der Waals surface area contributed by atoms with Crippen molar-refractivity contribution in [2.45, 2.75) is 19.4 Å². The Morgan fingerprint density at radius 2 is 1.90 bits per heavy atom. The Bertz CT molecular complexity index is 750. The molecular formula is C21H27FN4O3. The van der Waals surface area contributed by atoms with Gasteiger partial charge in [0.25, 0.3) is 0 Å². The predicted molar refractivity (Wildman–Crippen MR) is 109 cm³/mol. The Hall–Kier alpha value is -2.87. The highest BCUT2D eigenvalue weighted by Crippen LogP contribution is 2.13. The number of carbonyl (C=O) groups is 1. The lowest BCUT2D eigenvalue weighted by Gasteiger charge is -2.27. The van der Waals surface area contributed by atoms with Crippen molar-refractivity contribution < 1.29 is 18.7 Å². The third kappa shape index (κ3) is 7.23. The molecule has 1 aliphatic heterocycles. The minimum Gasteiger partial charge on any atom is -0.494 e. The zero-order chi connectivity index (χ0) is 20.3. The second-order valence-corrected chi connectivity index (χ2v) is 6.74. The SMILES string of the molecule is O=C(NCCCCOc1ccc(F)cc1)NCc1ccc(N2CCOCC2)nc1. The van der Waals surface area contributed by atoms with Crippen LogP contribution in [0.4, 0.5) is 15.0 Å². The van der Waals surface area contributed by atoms with E-state index in [0.29, 0.717) is 25.4 Å². The number of urea groups is 1. The van der Waals surface area contributed by atoms with Crippen molar-refractivity contribution in [2.24, 2.45) is 0 Å². The normalized spacial score (nSPS) is 13.8. The number of pyridine rings is 1. The zero-order valence-corrected chi connectivity index (χ0v) is 16.4. The van der Waals surface area contributed by atoms with E-state index in [4.69, 9.17) is 9.47 Å². The maximum Gasteiger partial charge on any atom is 0.315 e. The molecule has 0 bridgehead atoms. The van der Waals surface area contributed by atoms with Gasteiger partial charge in [-0.05, 0) is 48.7 Å². The van der Waals surface area contributed by atoms with E-state index < -0.39 is 0 Å². The summed E-state index contributed by atoms with van der Waals surface area (Å²) in [7, 11) is 0. The smallest absolute Gasteiger partial charge is 0.315 e. The maximum atomic E-state index is 12.8. The first-order valence-electron chi connectivity index (χ1n) is 9.88. The highest BCUT2D eigenvalue weighted by atomic mass is 19.1. The van der Waals surface area contributed by atoms with E-state index in [1.165, 1.54) is 12.1 Å². The van der Waals surface area contributed by atoms with Crippen LogP contribution < -0.4 is 20.3 Å². The summed E-state index contributed by atoms with van der Waals surface area (Å²) >= 11 is 0. The lowest BCUT2D eigenvalue weighted by Crippen LogP contribution is -2.37. The summed E-state index contributed by atoms with van der Waals surface area (Å²) in [5.41, 5.74) is 0.949. The quantitative estimate of drug-likeness (QED) is 0.631. The van der Waals surface area contributed by atoms with Crippen LogP contribution in [0, 0.1) is 5.82 Å². The van der Waals surface area contributed by atoms with Crippen LogP contribution in [0.25, 0.3) is 0 Å². The molecule has 156 valence electrons. The molecule has 7 nitrogen and oxygen atoms in total. The Kier molecular flexibility index (Phi) is 8.06. The number of rotatable bonds is 9. The number of aromatic nitrogens is 1. The molecule has 2 N–H and O–H groups in total. The van der Waals surface area contributed by atoms with Crippen LogP contribution in [-0.4, -0.2) is 50.5 Å². The van der Waals surface area contributed by atoms with Gasteiger partial charge in [0.05, 0.1) is 19.8 Å². The number of ether oxygens (including phenoxy) is 2. The molecule has 1 aliphatic rings. The van der Waals surface area contributed by atoms with Crippen LogP contribution in [-0.2, 0) is 11.3 Å². The first-order chi connectivity index (χ1) is 14.2. The number of halogens is 1. The number of hydrogen-bond donors (Lipinski definition) is 2. The highest BCUT2D eigenvalue weighted by molar-refractivity contribution is 5.73. The van der Waals surface area contributed by atoms with Gasteiger partial charge in [0.2, 0.25) is 0 Å². The predicted octanol–water partition coefficient (Wildman–Crippen LogP) is 2.72. The van der Waals surface area contributed by atoms with Gasteiger partial charge in [0.1, 0.15) is 17.4 Å². The van der Waals surface area contributed by atoms with Crippen molar-refractivity contribution in [1.29, 1.82) is 0 Å². The highest BCUT2D eigenvalue weighted by Gasteiger charge is 2.12. The third-order valence-corrected chi connectivity index (χ3v) is 4.54. The fraction of sp³-hybridized carbons (Fsp3) is 0.429. The van der Waals surface area contributed by atoms with Crippen molar-refractivity contribution >= 4 is 11.8 Å². The van der Waals surface area contributed by atoms with Crippen LogP contribution in [0.3, 0.4) is 0 Å². The van der Waals surface area contributed by atoms with Crippen LogP contribution >= 0.6 is 0 Å². The van der Waals surface area contributed by atoms with Gasteiger partial charge < -0.3 is 25.0 Å². The van der Waals surface area contributed by atoms with Crippen LogP contribution in [0.1, 0.15) is 18.4 Å². The lowest BCUT2D eigenvalue weighted by molar-refractivity contribution is 0.122. The molecule has 0 saturated carbocycles. The lowest BCUT2D eigenvalue weighted by atomic mass is 10.2. The van der Waals surface area contributed by atoms with E-state index >= 15 is 0 Å². The van der Waals surface area contributed by atoms with E-state index in [2.05, 4.69) is 20.5 Å². The van der Waals surface area contributed by atoms with Gasteiger partial charge in [0.15, 0.2) is 0 Å². The summed E-state index contributed by atoms with van der Waals surface area (Å²) in [5, 5.41) is 5.65. The average Bonchev–Trinajstić information content (AvgIpc) is 2.77.